The minimum absolute atomic E-state index is 0.189. The third-order valence-corrected chi connectivity index (χ3v) is 2.54. The van der Waals surface area contributed by atoms with Gasteiger partial charge in [-0.05, 0) is 19.4 Å². The van der Waals surface area contributed by atoms with E-state index in [9.17, 15) is 4.79 Å². The second-order valence-electron chi connectivity index (χ2n) is 3.83. The second kappa shape index (κ2) is 6.41. The van der Waals surface area contributed by atoms with Crippen LogP contribution in [0.25, 0.3) is 0 Å². The highest BCUT2D eigenvalue weighted by Gasteiger charge is 2.31. The molecule has 1 amide bonds. The van der Waals surface area contributed by atoms with E-state index in [-0.39, 0.29) is 5.91 Å². The van der Waals surface area contributed by atoms with E-state index in [1.54, 1.807) is 0 Å². The van der Waals surface area contributed by atoms with Crippen molar-refractivity contribution in [1.82, 2.24) is 10.2 Å². The summed E-state index contributed by atoms with van der Waals surface area (Å²) < 4.78 is 0. The molecule has 0 aromatic rings. The fraction of sp³-hybridized carbons (Fsp3) is 0.818. The summed E-state index contributed by atoms with van der Waals surface area (Å²) in [4.78, 5) is 13.7. The highest BCUT2D eigenvalue weighted by Crippen LogP contribution is 2.27. The van der Waals surface area contributed by atoms with Crippen LogP contribution in [-0.2, 0) is 4.79 Å². The van der Waals surface area contributed by atoms with Gasteiger partial charge in [0.05, 0.1) is 12.5 Å². The van der Waals surface area contributed by atoms with Gasteiger partial charge in [-0.15, -0.1) is 0 Å². The largest absolute Gasteiger partial charge is 0.339 e. The number of carbonyl (C=O) groups is 1. The van der Waals surface area contributed by atoms with Crippen molar-refractivity contribution in [3.05, 3.63) is 0 Å². The van der Waals surface area contributed by atoms with Crippen molar-refractivity contribution in [2.75, 3.05) is 19.6 Å². The number of rotatable bonds is 7. The minimum atomic E-state index is 0.189. The number of nitrogens with one attached hydrogen (secondary N) is 1. The summed E-state index contributed by atoms with van der Waals surface area (Å²) in [7, 11) is 0. The van der Waals surface area contributed by atoms with E-state index in [0.29, 0.717) is 25.4 Å². The van der Waals surface area contributed by atoms with Crippen LogP contribution in [0.1, 0.15) is 32.6 Å². The minimum Gasteiger partial charge on any atom is -0.339 e. The van der Waals surface area contributed by atoms with Crippen LogP contribution in [0.3, 0.4) is 0 Å². The van der Waals surface area contributed by atoms with E-state index >= 15 is 0 Å². The van der Waals surface area contributed by atoms with Crippen molar-refractivity contribution in [2.45, 2.75) is 38.6 Å². The summed E-state index contributed by atoms with van der Waals surface area (Å²) in [6.45, 7) is 4.27. The molecule has 0 aromatic heterocycles. The summed E-state index contributed by atoms with van der Waals surface area (Å²) in [5.74, 6) is 0.189. The Morgan fingerprint density at radius 3 is 2.87 bits per heavy atom. The van der Waals surface area contributed by atoms with Crippen LogP contribution in [0.15, 0.2) is 0 Å². The van der Waals surface area contributed by atoms with Gasteiger partial charge in [0, 0.05) is 25.6 Å². The lowest BCUT2D eigenvalue weighted by Crippen LogP contribution is -2.35. The second-order valence-corrected chi connectivity index (χ2v) is 3.83. The molecule has 4 nitrogen and oxygen atoms in total. The van der Waals surface area contributed by atoms with E-state index in [2.05, 4.69) is 11.4 Å². The lowest BCUT2D eigenvalue weighted by molar-refractivity contribution is -0.131. The summed E-state index contributed by atoms with van der Waals surface area (Å²) in [5, 5.41) is 11.6. The average molecular weight is 209 g/mol. The van der Waals surface area contributed by atoms with E-state index in [1.165, 1.54) is 0 Å². The lowest BCUT2D eigenvalue weighted by atomic mass is 10.3. The average Bonchev–Trinajstić information content (AvgIpc) is 3.03. The third-order valence-electron chi connectivity index (χ3n) is 2.54. The van der Waals surface area contributed by atoms with Gasteiger partial charge >= 0.3 is 0 Å². The SMILES string of the molecule is CCNCCC(=O)N(CCC#N)C1CC1. The van der Waals surface area contributed by atoms with Gasteiger partial charge in [0.15, 0.2) is 0 Å². The monoisotopic (exact) mass is 209 g/mol. The fourth-order valence-electron chi connectivity index (χ4n) is 1.58. The van der Waals surface area contributed by atoms with Crippen molar-refractivity contribution < 1.29 is 4.79 Å². The molecule has 0 atom stereocenters. The van der Waals surface area contributed by atoms with E-state index < -0.39 is 0 Å². The molecule has 0 unspecified atom stereocenters. The first-order valence-electron chi connectivity index (χ1n) is 5.66. The summed E-state index contributed by atoms with van der Waals surface area (Å²) in [6, 6.07) is 2.52. The van der Waals surface area contributed by atoms with Gasteiger partial charge in [0.25, 0.3) is 0 Å². The Bertz CT molecular complexity index is 243. The number of nitrogens with zero attached hydrogens (tertiary/aromatic N) is 2. The van der Waals surface area contributed by atoms with E-state index in [0.717, 1.165) is 25.9 Å². The van der Waals surface area contributed by atoms with Crippen LogP contribution in [0.4, 0.5) is 0 Å². The molecule has 84 valence electrons. The molecule has 0 heterocycles. The van der Waals surface area contributed by atoms with Crippen molar-refractivity contribution in [1.29, 1.82) is 5.26 Å². The zero-order valence-electron chi connectivity index (χ0n) is 9.33. The Morgan fingerprint density at radius 1 is 1.60 bits per heavy atom. The molecule has 1 rings (SSSR count). The molecule has 4 heteroatoms. The predicted octanol–water partition coefficient (Wildman–Crippen LogP) is 0.891. The van der Waals surface area contributed by atoms with Crippen LogP contribution in [-0.4, -0.2) is 36.5 Å². The topological polar surface area (TPSA) is 56.1 Å². The smallest absolute Gasteiger partial charge is 0.224 e. The third kappa shape index (κ3) is 4.30. The molecule has 0 bridgehead atoms. The molecule has 0 saturated heterocycles. The molecule has 1 fully saturated rings. The number of carbonyl (C=O) groups excluding carboxylic acids is 1. The Balaban J connectivity index is 2.28. The molecule has 1 aliphatic carbocycles. The number of hydrogen-bond acceptors (Lipinski definition) is 3. The number of hydrogen-bond donors (Lipinski definition) is 1. The first-order chi connectivity index (χ1) is 7.29. The predicted molar refractivity (Wildman–Crippen MR) is 58.1 cm³/mol. The highest BCUT2D eigenvalue weighted by atomic mass is 16.2. The molecular formula is C11H19N3O. The highest BCUT2D eigenvalue weighted by molar-refractivity contribution is 5.77. The Hall–Kier alpha value is -1.08. The van der Waals surface area contributed by atoms with E-state index in [4.69, 9.17) is 5.26 Å². The molecule has 0 radical (unpaired) electrons. The summed E-state index contributed by atoms with van der Waals surface area (Å²) in [6.07, 6.45) is 3.22. The Kier molecular flexibility index (Phi) is 5.13. The van der Waals surface area contributed by atoms with E-state index in [1.807, 2.05) is 11.8 Å². The van der Waals surface area contributed by atoms with Gasteiger partial charge in [-0.25, -0.2) is 0 Å². The number of nitriles is 1. The molecule has 15 heavy (non-hydrogen) atoms. The Labute approximate surface area is 91.2 Å². The van der Waals surface area contributed by atoms with Crippen LogP contribution < -0.4 is 5.32 Å². The van der Waals surface area contributed by atoms with Gasteiger partial charge in [-0.1, -0.05) is 6.92 Å². The van der Waals surface area contributed by atoms with Crippen molar-refractivity contribution in [3.63, 3.8) is 0 Å². The molecule has 1 N–H and O–H groups in total. The molecule has 0 aliphatic heterocycles. The van der Waals surface area contributed by atoms with Gasteiger partial charge < -0.3 is 10.2 Å². The normalized spacial score (nSPS) is 14.7. The summed E-state index contributed by atoms with van der Waals surface area (Å²) >= 11 is 0. The maximum Gasteiger partial charge on any atom is 0.224 e. The zero-order valence-corrected chi connectivity index (χ0v) is 9.33. The maximum atomic E-state index is 11.8. The maximum absolute atomic E-state index is 11.8. The Morgan fingerprint density at radius 2 is 2.33 bits per heavy atom. The van der Waals surface area contributed by atoms with Crippen LogP contribution in [0.5, 0.6) is 0 Å². The standard InChI is InChI=1S/C11H19N3O/c1-2-13-8-6-11(15)14(9-3-7-12)10-4-5-10/h10,13H,2-6,8-9H2,1H3. The lowest BCUT2D eigenvalue weighted by Gasteiger charge is -2.21. The van der Waals surface area contributed by atoms with Crippen molar-refractivity contribution >= 4 is 5.91 Å². The van der Waals surface area contributed by atoms with Crippen LogP contribution in [0.2, 0.25) is 0 Å². The van der Waals surface area contributed by atoms with Gasteiger partial charge in [0.1, 0.15) is 0 Å². The molecule has 0 aromatic carbocycles. The van der Waals surface area contributed by atoms with Gasteiger partial charge in [-0.3, -0.25) is 4.79 Å². The van der Waals surface area contributed by atoms with Crippen molar-refractivity contribution in [3.8, 4) is 6.07 Å². The summed E-state index contributed by atoms with van der Waals surface area (Å²) in [5.41, 5.74) is 0. The molecule has 1 aliphatic rings. The molecular weight excluding hydrogens is 190 g/mol. The van der Waals surface area contributed by atoms with Crippen LogP contribution in [0, 0.1) is 11.3 Å². The zero-order chi connectivity index (χ0) is 11.1. The quantitative estimate of drug-likeness (QED) is 0.633. The first kappa shape index (κ1) is 12.0. The van der Waals surface area contributed by atoms with Crippen molar-refractivity contribution in [2.24, 2.45) is 0 Å². The molecule has 1 saturated carbocycles. The molecule has 0 spiro atoms. The van der Waals surface area contributed by atoms with Gasteiger partial charge in [0.2, 0.25) is 5.91 Å². The van der Waals surface area contributed by atoms with Gasteiger partial charge in [-0.2, -0.15) is 5.26 Å². The number of amides is 1. The first-order valence-corrected chi connectivity index (χ1v) is 5.66. The fourth-order valence-corrected chi connectivity index (χ4v) is 1.58. The van der Waals surface area contributed by atoms with Crippen LogP contribution >= 0.6 is 0 Å².